The van der Waals surface area contributed by atoms with Crippen molar-refractivity contribution >= 4 is 17.9 Å². The second-order valence-electron chi connectivity index (χ2n) is 3.76. The molecule has 0 amide bonds. The molecule has 0 aromatic carbocycles. The Morgan fingerprint density at radius 3 is 2.17 bits per heavy atom. The summed E-state index contributed by atoms with van der Waals surface area (Å²) in [4.78, 5) is 32.6. The standard InChI is InChI=1S/C11H15O7/c1-6(12)15-4-9-11(18-8(3)14)10(5-16-9)17-7(2)13/h5,9-11H,4H2,1-3H3/t9-,10-,11-/m1/s1. The van der Waals surface area contributed by atoms with Crippen molar-refractivity contribution in [3.8, 4) is 0 Å². The highest BCUT2D eigenvalue weighted by Gasteiger charge is 2.43. The van der Waals surface area contributed by atoms with Crippen molar-refractivity contribution in [3.05, 3.63) is 6.61 Å². The maximum atomic E-state index is 11.0. The summed E-state index contributed by atoms with van der Waals surface area (Å²) in [7, 11) is 0. The summed E-state index contributed by atoms with van der Waals surface area (Å²) in [6.07, 6.45) is -2.29. The third-order valence-electron chi connectivity index (χ3n) is 2.13. The van der Waals surface area contributed by atoms with E-state index in [1.54, 1.807) is 0 Å². The van der Waals surface area contributed by atoms with Crippen LogP contribution in [0.3, 0.4) is 0 Å². The van der Waals surface area contributed by atoms with Crippen LogP contribution in [-0.2, 0) is 33.3 Å². The number of carbonyl (C=O) groups is 3. The van der Waals surface area contributed by atoms with Gasteiger partial charge in [-0.1, -0.05) is 0 Å². The van der Waals surface area contributed by atoms with Crippen LogP contribution < -0.4 is 0 Å². The molecule has 7 heteroatoms. The van der Waals surface area contributed by atoms with E-state index in [0.717, 1.165) is 0 Å². The second kappa shape index (κ2) is 6.34. The summed E-state index contributed by atoms with van der Waals surface area (Å²) < 4.78 is 19.9. The van der Waals surface area contributed by atoms with E-state index in [1.165, 1.54) is 27.4 Å². The normalized spacial score (nSPS) is 26.5. The van der Waals surface area contributed by atoms with Crippen molar-refractivity contribution in [2.45, 2.75) is 39.1 Å². The fourth-order valence-corrected chi connectivity index (χ4v) is 1.50. The Hall–Kier alpha value is -1.63. The van der Waals surface area contributed by atoms with Crippen molar-refractivity contribution in [1.29, 1.82) is 0 Å². The molecule has 1 saturated heterocycles. The molecule has 3 atom stereocenters. The first kappa shape index (κ1) is 14.4. The minimum Gasteiger partial charge on any atom is -0.463 e. The zero-order valence-electron chi connectivity index (χ0n) is 10.4. The third-order valence-corrected chi connectivity index (χ3v) is 2.13. The fourth-order valence-electron chi connectivity index (χ4n) is 1.50. The molecule has 0 aromatic heterocycles. The van der Waals surface area contributed by atoms with Crippen molar-refractivity contribution in [1.82, 2.24) is 0 Å². The van der Waals surface area contributed by atoms with E-state index in [-0.39, 0.29) is 6.61 Å². The molecule has 0 saturated carbocycles. The summed E-state index contributed by atoms with van der Waals surface area (Å²) >= 11 is 0. The molecule has 1 fully saturated rings. The summed E-state index contributed by atoms with van der Waals surface area (Å²) in [5.74, 6) is -1.54. The van der Waals surface area contributed by atoms with Gasteiger partial charge in [0.1, 0.15) is 19.3 Å². The summed E-state index contributed by atoms with van der Waals surface area (Å²) in [5.41, 5.74) is 0. The minimum atomic E-state index is -0.814. The fraction of sp³-hybridized carbons (Fsp3) is 0.636. The van der Waals surface area contributed by atoms with Crippen LogP contribution in [0.2, 0.25) is 0 Å². The molecular weight excluding hydrogens is 244 g/mol. The molecule has 0 aliphatic carbocycles. The summed E-state index contributed by atoms with van der Waals surface area (Å²) in [5, 5.41) is 0. The molecule has 101 valence electrons. The first-order valence-electron chi connectivity index (χ1n) is 5.36. The Morgan fingerprint density at radius 2 is 1.67 bits per heavy atom. The van der Waals surface area contributed by atoms with Crippen molar-refractivity contribution in [3.63, 3.8) is 0 Å². The highest BCUT2D eigenvalue weighted by atomic mass is 16.6. The highest BCUT2D eigenvalue weighted by molar-refractivity contribution is 5.68. The SMILES string of the molecule is CC(=O)OC[C@H]1O[CH][C@@H](OC(C)=O)[C@@H]1OC(C)=O. The third kappa shape index (κ3) is 4.33. The lowest BCUT2D eigenvalue weighted by atomic mass is 10.1. The molecule has 18 heavy (non-hydrogen) atoms. The van der Waals surface area contributed by atoms with E-state index in [9.17, 15) is 14.4 Å². The molecule has 1 rings (SSSR count). The van der Waals surface area contributed by atoms with Gasteiger partial charge >= 0.3 is 17.9 Å². The van der Waals surface area contributed by atoms with E-state index >= 15 is 0 Å². The Bertz CT molecular complexity index is 338. The molecule has 1 aliphatic rings. The first-order valence-corrected chi connectivity index (χ1v) is 5.36. The molecule has 1 heterocycles. The molecule has 1 aliphatic heterocycles. The number of ether oxygens (including phenoxy) is 4. The van der Waals surface area contributed by atoms with Crippen molar-refractivity contribution < 1.29 is 33.3 Å². The molecule has 0 N–H and O–H groups in total. The summed E-state index contributed by atoms with van der Waals surface area (Å²) in [6, 6.07) is 0. The Morgan fingerprint density at radius 1 is 1.06 bits per heavy atom. The van der Waals surface area contributed by atoms with Gasteiger partial charge in [0, 0.05) is 20.8 Å². The van der Waals surface area contributed by atoms with E-state index in [2.05, 4.69) is 0 Å². The van der Waals surface area contributed by atoms with Gasteiger partial charge in [0.25, 0.3) is 0 Å². The van der Waals surface area contributed by atoms with E-state index in [0.29, 0.717) is 0 Å². The van der Waals surface area contributed by atoms with Gasteiger partial charge in [0.15, 0.2) is 12.2 Å². The predicted octanol–water partition coefficient (Wildman–Crippen LogP) is -0.0265. The number of carbonyl (C=O) groups excluding carboxylic acids is 3. The van der Waals surface area contributed by atoms with Crippen LogP contribution in [0.25, 0.3) is 0 Å². The Labute approximate surface area is 104 Å². The second-order valence-corrected chi connectivity index (χ2v) is 3.76. The molecule has 7 nitrogen and oxygen atoms in total. The summed E-state index contributed by atoms with van der Waals surface area (Å²) in [6.45, 7) is 4.89. The van der Waals surface area contributed by atoms with Crippen LogP contribution in [0.1, 0.15) is 20.8 Å². The van der Waals surface area contributed by atoms with Crippen molar-refractivity contribution in [2.24, 2.45) is 0 Å². The van der Waals surface area contributed by atoms with E-state index in [1.807, 2.05) is 0 Å². The number of hydrogen-bond donors (Lipinski definition) is 0. The van der Waals surface area contributed by atoms with Gasteiger partial charge in [-0.15, -0.1) is 0 Å². The zero-order chi connectivity index (χ0) is 13.7. The molecule has 0 aromatic rings. The maximum absolute atomic E-state index is 11.0. The lowest BCUT2D eigenvalue weighted by molar-refractivity contribution is -0.164. The van der Waals surface area contributed by atoms with Gasteiger partial charge in [-0.2, -0.15) is 0 Å². The van der Waals surface area contributed by atoms with Gasteiger partial charge in [-0.25, -0.2) is 0 Å². The number of hydrogen-bond acceptors (Lipinski definition) is 7. The predicted molar refractivity (Wildman–Crippen MR) is 56.9 cm³/mol. The molecular formula is C11H15O7. The van der Waals surface area contributed by atoms with Gasteiger partial charge in [-0.3, -0.25) is 14.4 Å². The quantitative estimate of drug-likeness (QED) is 0.517. The smallest absolute Gasteiger partial charge is 0.303 e. The Kier molecular flexibility index (Phi) is 5.08. The van der Waals surface area contributed by atoms with Gasteiger partial charge in [0.2, 0.25) is 0 Å². The van der Waals surface area contributed by atoms with Crippen molar-refractivity contribution in [2.75, 3.05) is 6.61 Å². The molecule has 0 unspecified atom stereocenters. The van der Waals surface area contributed by atoms with Crippen LogP contribution >= 0.6 is 0 Å². The highest BCUT2D eigenvalue weighted by Crippen LogP contribution is 2.24. The lowest BCUT2D eigenvalue weighted by Crippen LogP contribution is -2.39. The lowest BCUT2D eigenvalue weighted by Gasteiger charge is -2.21. The molecule has 0 bridgehead atoms. The minimum absolute atomic E-state index is 0.0818. The van der Waals surface area contributed by atoms with Crippen LogP contribution in [0.15, 0.2) is 0 Å². The zero-order valence-corrected chi connectivity index (χ0v) is 10.4. The Balaban J connectivity index is 2.63. The number of esters is 3. The van der Waals surface area contributed by atoms with Gasteiger partial charge < -0.3 is 18.9 Å². The van der Waals surface area contributed by atoms with Crippen LogP contribution in [0.4, 0.5) is 0 Å². The molecule has 0 spiro atoms. The topological polar surface area (TPSA) is 88.1 Å². The van der Waals surface area contributed by atoms with Crippen LogP contribution in [-0.4, -0.2) is 42.8 Å². The van der Waals surface area contributed by atoms with Crippen LogP contribution in [0.5, 0.6) is 0 Å². The largest absolute Gasteiger partial charge is 0.463 e. The van der Waals surface area contributed by atoms with Gasteiger partial charge in [0.05, 0.1) is 0 Å². The van der Waals surface area contributed by atoms with E-state index in [4.69, 9.17) is 18.9 Å². The van der Waals surface area contributed by atoms with E-state index < -0.39 is 36.2 Å². The average molecular weight is 259 g/mol. The average Bonchev–Trinajstić information content (AvgIpc) is 2.57. The maximum Gasteiger partial charge on any atom is 0.303 e. The number of rotatable bonds is 4. The monoisotopic (exact) mass is 259 g/mol. The van der Waals surface area contributed by atoms with Crippen LogP contribution in [0, 0.1) is 6.61 Å². The molecule has 1 radical (unpaired) electrons. The van der Waals surface area contributed by atoms with Gasteiger partial charge in [-0.05, 0) is 0 Å². The first-order chi connectivity index (χ1) is 8.40.